The van der Waals surface area contributed by atoms with E-state index >= 15 is 0 Å². The van der Waals surface area contributed by atoms with Crippen LogP contribution in [0.1, 0.15) is 37.0 Å². The van der Waals surface area contributed by atoms with Crippen molar-refractivity contribution >= 4 is 51.5 Å². The largest absolute Gasteiger partial charge is 0.490 e. The van der Waals surface area contributed by atoms with Crippen LogP contribution in [0.25, 0.3) is 6.08 Å². The number of urea groups is 1. The van der Waals surface area contributed by atoms with E-state index in [1.54, 1.807) is 42.5 Å². The Balaban J connectivity index is 1.60. The maximum absolute atomic E-state index is 13.4. The van der Waals surface area contributed by atoms with Crippen molar-refractivity contribution in [1.82, 2.24) is 10.2 Å². The third kappa shape index (κ3) is 7.03. The number of benzene rings is 3. The molecule has 0 spiro atoms. The Bertz CT molecular complexity index is 1460. The van der Waals surface area contributed by atoms with Gasteiger partial charge in [-0.2, -0.15) is 0 Å². The van der Waals surface area contributed by atoms with Crippen LogP contribution in [0.3, 0.4) is 0 Å². The van der Waals surface area contributed by atoms with Crippen molar-refractivity contribution in [2.75, 3.05) is 13.2 Å². The Morgan fingerprint density at radius 2 is 1.70 bits per heavy atom. The number of rotatable bonds is 11. The highest BCUT2D eigenvalue weighted by molar-refractivity contribution is 9.10. The van der Waals surface area contributed by atoms with Crippen molar-refractivity contribution in [2.45, 2.75) is 33.4 Å². The minimum absolute atomic E-state index is 0.0717. The molecule has 1 aliphatic rings. The summed E-state index contributed by atoms with van der Waals surface area (Å²) in [6, 6.07) is 16.9. The molecule has 208 valence electrons. The summed E-state index contributed by atoms with van der Waals surface area (Å²) < 4.78 is 18.1. The molecule has 0 radical (unpaired) electrons. The summed E-state index contributed by atoms with van der Waals surface area (Å²) in [5, 5.41) is 2.82. The molecule has 1 fully saturated rings. The zero-order valence-corrected chi connectivity index (χ0v) is 24.4. The van der Waals surface area contributed by atoms with E-state index in [0.29, 0.717) is 46.6 Å². The fourth-order valence-electron chi connectivity index (χ4n) is 3.96. The minimum atomic E-state index is -0.805. The van der Waals surface area contributed by atoms with Crippen molar-refractivity contribution in [2.24, 2.45) is 0 Å². The van der Waals surface area contributed by atoms with Crippen LogP contribution in [0.15, 0.2) is 70.7 Å². The van der Waals surface area contributed by atoms with Crippen molar-refractivity contribution in [3.8, 4) is 17.2 Å². The summed E-state index contributed by atoms with van der Waals surface area (Å²) in [5.41, 5.74) is 1.70. The molecule has 0 saturated carbocycles. The lowest BCUT2D eigenvalue weighted by Gasteiger charge is -2.27. The lowest BCUT2D eigenvalue weighted by Crippen LogP contribution is -2.53. The normalized spacial score (nSPS) is 14.3. The molecule has 8 nitrogen and oxygen atoms in total. The van der Waals surface area contributed by atoms with Crippen LogP contribution in [0.5, 0.6) is 17.2 Å². The standard InChI is InChI=1S/C30H28BrClN2O6/c1-3-13-39-26-11-9-19(14-27(26)38-4-2)17-34-29(36)23(28(35)33-30(34)37)16-21-15-22(31)10-12-25(21)40-18-20-7-5-6-8-24(20)32/h5-12,14-16H,3-4,13,17-18H2,1-2H3,(H,33,35,37)/b23-16+. The summed E-state index contributed by atoms with van der Waals surface area (Å²) in [6.45, 7) is 4.92. The predicted molar refractivity (Wildman–Crippen MR) is 155 cm³/mol. The topological polar surface area (TPSA) is 94.2 Å². The zero-order valence-electron chi connectivity index (χ0n) is 22.0. The molecule has 3 aromatic rings. The molecule has 1 saturated heterocycles. The van der Waals surface area contributed by atoms with Crippen LogP contribution in [-0.4, -0.2) is 36.0 Å². The number of barbiturate groups is 1. The fraction of sp³-hybridized carbons (Fsp3) is 0.233. The summed E-state index contributed by atoms with van der Waals surface area (Å²) in [5.74, 6) is 0.0107. The van der Waals surface area contributed by atoms with Gasteiger partial charge in [0.15, 0.2) is 11.5 Å². The highest BCUT2D eigenvalue weighted by atomic mass is 79.9. The Morgan fingerprint density at radius 1 is 0.925 bits per heavy atom. The highest BCUT2D eigenvalue weighted by Crippen LogP contribution is 2.31. The van der Waals surface area contributed by atoms with Gasteiger partial charge in [0.1, 0.15) is 17.9 Å². The third-order valence-corrected chi connectivity index (χ3v) is 6.77. The van der Waals surface area contributed by atoms with E-state index in [-0.39, 0.29) is 18.7 Å². The monoisotopic (exact) mass is 626 g/mol. The summed E-state index contributed by atoms with van der Waals surface area (Å²) in [6.07, 6.45) is 2.25. The van der Waals surface area contributed by atoms with E-state index in [2.05, 4.69) is 21.2 Å². The van der Waals surface area contributed by atoms with Crippen LogP contribution in [0, 0.1) is 0 Å². The Morgan fingerprint density at radius 3 is 2.45 bits per heavy atom. The van der Waals surface area contributed by atoms with Gasteiger partial charge in [-0.15, -0.1) is 0 Å². The van der Waals surface area contributed by atoms with Gasteiger partial charge in [-0.1, -0.05) is 58.7 Å². The molecule has 0 atom stereocenters. The number of carbonyl (C=O) groups is 3. The van der Waals surface area contributed by atoms with Gasteiger partial charge in [0.05, 0.1) is 19.8 Å². The van der Waals surface area contributed by atoms with E-state index in [9.17, 15) is 14.4 Å². The molecule has 1 aliphatic heterocycles. The first-order valence-electron chi connectivity index (χ1n) is 12.7. The second-order valence-electron chi connectivity index (χ2n) is 8.83. The lowest BCUT2D eigenvalue weighted by molar-refractivity contribution is -0.130. The van der Waals surface area contributed by atoms with Gasteiger partial charge in [0.25, 0.3) is 11.8 Å². The fourth-order valence-corrected chi connectivity index (χ4v) is 4.53. The second-order valence-corrected chi connectivity index (χ2v) is 10.2. The maximum Gasteiger partial charge on any atom is 0.331 e. The van der Waals surface area contributed by atoms with E-state index in [1.807, 2.05) is 32.0 Å². The van der Waals surface area contributed by atoms with Crippen molar-refractivity contribution in [3.63, 3.8) is 0 Å². The number of hydrogen-bond donors (Lipinski definition) is 1. The first-order valence-corrected chi connectivity index (χ1v) is 13.9. The molecule has 0 unspecified atom stereocenters. The third-order valence-electron chi connectivity index (χ3n) is 5.91. The van der Waals surface area contributed by atoms with Crippen LogP contribution in [-0.2, 0) is 22.7 Å². The number of halogens is 2. The number of hydrogen-bond acceptors (Lipinski definition) is 6. The second kappa shape index (κ2) is 13.5. The molecule has 0 aliphatic carbocycles. The van der Waals surface area contributed by atoms with Crippen LogP contribution in [0.4, 0.5) is 4.79 Å². The smallest absolute Gasteiger partial charge is 0.331 e. The average Bonchev–Trinajstić information content (AvgIpc) is 2.93. The lowest BCUT2D eigenvalue weighted by atomic mass is 10.1. The van der Waals surface area contributed by atoms with Crippen molar-refractivity contribution < 1.29 is 28.6 Å². The van der Waals surface area contributed by atoms with Gasteiger partial charge < -0.3 is 14.2 Å². The number of nitrogens with one attached hydrogen (secondary N) is 1. The molecule has 0 bridgehead atoms. The average molecular weight is 628 g/mol. The molecule has 40 heavy (non-hydrogen) atoms. The Kier molecular flexibility index (Phi) is 9.84. The molecule has 4 rings (SSSR count). The van der Waals surface area contributed by atoms with Crippen LogP contribution < -0.4 is 19.5 Å². The van der Waals surface area contributed by atoms with Crippen molar-refractivity contribution in [3.05, 3.63) is 92.4 Å². The molecule has 4 amide bonds. The van der Waals surface area contributed by atoms with Gasteiger partial charge in [-0.05, 0) is 61.4 Å². The number of nitrogens with zero attached hydrogens (tertiary/aromatic N) is 1. The van der Waals surface area contributed by atoms with E-state index in [1.165, 1.54) is 6.08 Å². The SMILES string of the molecule is CCCOc1ccc(CN2C(=O)NC(=O)/C(=C\c3cc(Br)ccc3OCc3ccccc3Cl)C2=O)cc1OCC. The molecule has 1 N–H and O–H groups in total. The Hall–Kier alpha value is -3.82. The predicted octanol–water partition coefficient (Wildman–Crippen LogP) is 6.53. The van der Waals surface area contributed by atoms with Gasteiger partial charge in [0.2, 0.25) is 0 Å². The molecular formula is C30H28BrClN2O6. The van der Waals surface area contributed by atoms with Crippen LogP contribution >= 0.6 is 27.5 Å². The van der Waals surface area contributed by atoms with E-state index in [0.717, 1.165) is 21.4 Å². The molecular weight excluding hydrogens is 600 g/mol. The van der Waals surface area contributed by atoms with Crippen LogP contribution in [0.2, 0.25) is 5.02 Å². The molecule has 10 heteroatoms. The molecule has 0 aromatic heterocycles. The molecule has 1 heterocycles. The quantitative estimate of drug-likeness (QED) is 0.192. The highest BCUT2D eigenvalue weighted by Gasteiger charge is 2.36. The first-order chi connectivity index (χ1) is 19.3. The first kappa shape index (κ1) is 29.2. The van der Waals surface area contributed by atoms with E-state index in [4.69, 9.17) is 25.8 Å². The summed E-state index contributed by atoms with van der Waals surface area (Å²) in [4.78, 5) is 39.9. The zero-order chi connectivity index (χ0) is 28.6. The van der Waals surface area contributed by atoms with Gasteiger partial charge >= 0.3 is 6.03 Å². The number of carbonyl (C=O) groups excluding carboxylic acids is 3. The number of ether oxygens (including phenoxy) is 3. The molecule has 3 aromatic carbocycles. The number of amides is 4. The summed E-state index contributed by atoms with van der Waals surface area (Å²) in [7, 11) is 0. The summed E-state index contributed by atoms with van der Waals surface area (Å²) >= 11 is 9.68. The Labute approximate surface area is 246 Å². The minimum Gasteiger partial charge on any atom is -0.490 e. The maximum atomic E-state index is 13.4. The van der Waals surface area contributed by atoms with Gasteiger partial charge in [-0.3, -0.25) is 19.8 Å². The number of imide groups is 2. The van der Waals surface area contributed by atoms with Crippen molar-refractivity contribution in [1.29, 1.82) is 0 Å². The van der Waals surface area contributed by atoms with Gasteiger partial charge in [-0.25, -0.2) is 4.79 Å². The van der Waals surface area contributed by atoms with Gasteiger partial charge in [0, 0.05) is 20.6 Å². The van der Waals surface area contributed by atoms with E-state index < -0.39 is 17.8 Å².